The number of hydrogen-bond donors (Lipinski definition) is 1. The maximum Gasteiger partial charge on any atom is 0.230 e. The number of aryl methyl sites for hydroxylation is 1. The van der Waals surface area contributed by atoms with Gasteiger partial charge in [0.25, 0.3) is 0 Å². The van der Waals surface area contributed by atoms with Crippen LogP contribution in [0.4, 0.5) is 0 Å². The fraction of sp³-hybridized carbons (Fsp3) is 0.562. The molecule has 0 radical (unpaired) electrons. The van der Waals surface area contributed by atoms with E-state index >= 15 is 0 Å². The van der Waals surface area contributed by atoms with Gasteiger partial charge in [0.2, 0.25) is 5.91 Å². The number of nitrogens with zero attached hydrogens (tertiary/aromatic N) is 1. The molecule has 0 aliphatic heterocycles. The lowest BCUT2D eigenvalue weighted by Crippen LogP contribution is -2.44. The molecule has 0 unspecified atom stereocenters. The first kappa shape index (κ1) is 14.1. The summed E-state index contributed by atoms with van der Waals surface area (Å²) in [4.78, 5) is 14.5. The second kappa shape index (κ2) is 5.74. The molecule has 2 rings (SSSR count). The molecule has 3 nitrogen and oxygen atoms in total. The highest BCUT2D eigenvalue weighted by molar-refractivity contribution is 5.83. The largest absolute Gasteiger partial charge is 0.341 e. The number of amides is 1. The van der Waals surface area contributed by atoms with Crippen LogP contribution in [0.2, 0.25) is 0 Å². The van der Waals surface area contributed by atoms with Crippen molar-refractivity contribution in [3.63, 3.8) is 0 Å². The van der Waals surface area contributed by atoms with E-state index in [4.69, 9.17) is 5.73 Å². The molecule has 0 bridgehead atoms. The zero-order chi connectivity index (χ0) is 13.9. The molecule has 104 valence electrons. The molecule has 1 fully saturated rings. The summed E-state index contributed by atoms with van der Waals surface area (Å²) in [6.45, 7) is 3.21. The fourth-order valence-electron chi connectivity index (χ4n) is 3.00. The minimum Gasteiger partial charge on any atom is -0.341 e. The summed E-state index contributed by atoms with van der Waals surface area (Å²) in [5.41, 5.74) is 8.00. The summed E-state index contributed by atoms with van der Waals surface area (Å²) >= 11 is 0. The van der Waals surface area contributed by atoms with E-state index in [0.717, 1.165) is 25.7 Å². The molecule has 1 aliphatic carbocycles. The highest BCUT2D eigenvalue weighted by Gasteiger charge is 2.41. The summed E-state index contributed by atoms with van der Waals surface area (Å²) in [5, 5.41) is 0. The third-order valence-corrected chi connectivity index (χ3v) is 4.29. The first-order chi connectivity index (χ1) is 9.07. The summed E-state index contributed by atoms with van der Waals surface area (Å²) in [6.07, 6.45) is 4.14. The Morgan fingerprint density at radius 2 is 1.84 bits per heavy atom. The van der Waals surface area contributed by atoms with E-state index in [1.165, 1.54) is 11.1 Å². The van der Waals surface area contributed by atoms with Gasteiger partial charge in [-0.05, 0) is 25.3 Å². The van der Waals surface area contributed by atoms with Crippen molar-refractivity contribution in [1.29, 1.82) is 0 Å². The Morgan fingerprint density at radius 1 is 1.26 bits per heavy atom. The van der Waals surface area contributed by atoms with Gasteiger partial charge in [-0.2, -0.15) is 0 Å². The average Bonchev–Trinajstić information content (AvgIpc) is 2.90. The lowest BCUT2D eigenvalue weighted by molar-refractivity contribution is -0.140. The van der Waals surface area contributed by atoms with Crippen LogP contribution in [0, 0.1) is 12.3 Å². The number of carbonyl (C=O) groups excluding carboxylic acids is 1. The smallest absolute Gasteiger partial charge is 0.230 e. The van der Waals surface area contributed by atoms with Crippen LogP contribution in [-0.4, -0.2) is 24.4 Å². The van der Waals surface area contributed by atoms with Crippen molar-refractivity contribution in [2.45, 2.75) is 39.2 Å². The minimum atomic E-state index is -0.292. The number of hydrogen-bond acceptors (Lipinski definition) is 2. The van der Waals surface area contributed by atoms with Crippen molar-refractivity contribution in [3.05, 3.63) is 35.4 Å². The van der Waals surface area contributed by atoms with Gasteiger partial charge in [-0.25, -0.2) is 0 Å². The Balaban J connectivity index is 2.04. The maximum absolute atomic E-state index is 12.6. The molecule has 0 aromatic heterocycles. The van der Waals surface area contributed by atoms with Gasteiger partial charge in [-0.15, -0.1) is 0 Å². The van der Waals surface area contributed by atoms with Crippen LogP contribution in [0.5, 0.6) is 0 Å². The van der Waals surface area contributed by atoms with E-state index < -0.39 is 0 Å². The van der Waals surface area contributed by atoms with Crippen molar-refractivity contribution in [2.24, 2.45) is 11.1 Å². The normalized spacial score (nSPS) is 17.4. The quantitative estimate of drug-likeness (QED) is 0.904. The van der Waals surface area contributed by atoms with E-state index in [2.05, 4.69) is 31.2 Å². The van der Waals surface area contributed by atoms with Gasteiger partial charge >= 0.3 is 0 Å². The first-order valence-corrected chi connectivity index (χ1v) is 7.09. The van der Waals surface area contributed by atoms with Crippen LogP contribution in [0.15, 0.2) is 24.3 Å². The molecule has 1 aromatic carbocycles. The van der Waals surface area contributed by atoms with Gasteiger partial charge in [0.15, 0.2) is 0 Å². The second-order valence-corrected chi connectivity index (χ2v) is 5.84. The maximum atomic E-state index is 12.6. The van der Waals surface area contributed by atoms with Gasteiger partial charge < -0.3 is 10.6 Å². The lowest BCUT2D eigenvalue weighted by Gasteiger charge is -2.31. The number of rotatable bonds is 4. The highest BCUT2D eigenvalue weighted by Crippen LogP contribution is 2.38. The zero-order valence-corrected chi connectivity index (χ0v) is 12.0. The van der Waals surface area contributed by atoms with E-state index in [9.17, 15) is 4.79 Å². The summed E-state index contributed by atoms with van der Waals surface area (Å²) < 4.78 is 0. The standard InChI is InChI=1S/C16H24N2O/c1-13-5-7-14(8-6-13)11-18(2)15(19)16(12-17)9-3-4-10-16/h5-8H,3-4,9-12,17H2,1-2H3. The molecule has 0 atom stereocenters. The van der Waals surface area contributed by atoms with E-state index in [1.54, 1.807) is 0 Å². The summed E-state index contributed by atoms with van der Waals surface area (Å²) in [7, 11) is 1.89. The second-order valence-electron chi connectivity index (χ2n) is 5.84. The molecule has 1 amide bonds. The molecule has 1 aromatic rings. The average molecular weight is 260 g/mol. The Kier molecular flexibility index (Phi) is 4.25. The molecule has 1 saturated carbocycles. The van der Waals surface area contributed by atoms with Crippen LogP contribution in [0.1, 0.15) is 36.8 Å². The molecular weight excluding hydrogens is 236 g/mol. The van der Waals surface area contributed by atoms with Gasteiger partial charge in [-0.1, -0.05) is 42.7 Å². The number of benzene rings is 1. The van der Waals surface area contributed by atoms with Gasteiger partial charge in [0.05, 0.1) is 5.41 Å². The minimum absolute atomic E-state index is 0.216. The Morgan fingerprint density at radius 3 is 2.37 bits per heavy atom. The molecule has 0 heterocycles. The predicted molar refractivity (Wildman–Crippen MR) is 77.6 cm³/mol. The Bertz CT molecular complexity index is 433. The van der Waals surface area contributed by atoms with E-state index in [0.29, 0.717) is 13.1 Å². The molecule has 0 spiro atoms. The van der Waals surface area contributed by atoms with Crippen molar-refractivity contribution in [3.8, 4) is 0 Å². The van der Waals surface area contributed by atoms with Crippen LogP contribution in [-0.2, 0) is 11.3 Å². The molecular formula is C16H24N2O. The SMILES string of the molecule is Cc1ccc(CN(C)C(=O)C2(CN)CCCC2)cc1. The van der Waals surface area contributed by atoms with Crippen LogP contribution in [0.3, 0.4) is 0 Å². The van der Waals surface area contributed by atoms with Gasteiger partial charge in [0, 0.05) is 20.1 Å². The van der Waals surface area contributed by atoms with E-state index in [-0.39, 0.29) is 11.3 Å². The van der Waals surface area contributed by atoms with Gasteiger partial charge in [-0.3, -0.25) is 4.79 Å². The Hall–Kier alpha value is -1.35. The highest BCUT2D eigenvalue weighted by atomic mass is 16.2. The number of nitrogens with two attached hydrogens (primary N) is 1. The summed E-state index contributed by atoms with van der Waals surface area (Å²) in [5.74, 6) is 0.216. The third kappa shape index (κ3) is 2.98. The molecule has 2 N–H and O–H groups in total. The van der Waals surface area contributed by atoms with Crippen molar-refractivity contribution >= 4 is 5.91 Å². The fourth-order valence-corrected chi connectivity index (χ4v) is 3.00. The van der Waals surface area contributed by atoms with Crippen LogP contribution >= 0.6 is 0 Å². The number of carbonyl (C=O) groups is 1. The molecule has 19 heavy (non-hydrogen) atoms. The summed E-state index contributed by atoms with van der Waals surface area (Å²) in [6, 6.07) is 8.34. The topological polar surface area (TPSA) is 46.3 Å². The van der Waals surface area contributed by atoms with Crippen molar-refractivity contribution in [2.75, 3.05) is 13.6 Å². The molecule has 1 aliphatic rings. The first-order valence-electron chi connectivity index (χ1n) is 7.09. The van der Waals surface area contributed by atoms with Crippen LogP contribution in [0.25, 0.3) is 0 Å². The molecule has 0 saturated heterocycles. The lowest BCUT2D eigenvalue weighted by atomic mass is 9.84. The van der Waals surface area contributed by atoms with E-state index in [1.807, 2.05) is 11.9 Å². The monoisotopic (exact) mass is 260 g/mol. The predicted octanol–water partition coefficient (Wildman–Crippen LogP) is 2.47. The third-order valence-electron chi connectivity index (χ3n) is 4.29. The Labute approximate surface area is 115 Å². The van der Waals surface area contributed by atoms with Crippen molar-refractivity contribution in [1.82, 2.24) is 4.90 Å². The molecule has 3 heteroatoms. The van der Waals surface area contributed by atoms with Gasteiger partial charge in [0.1, 0.15) is 0 Å². The van der Waals surface area contributed by atoms with Crippen LogP contribution < -0.4 is 5.73 Å². The van der Waals surface area contributed by atoms with Crippen molar-refractivity contribution < 1.29 is 4.79 Å². The zero-order valence-electron chi connectivity index (χ0n) is 12.0.